The first-order valence-electron chi connectivity index (χ1n) is 13.7. The molecule has 0 fully saturated rings. The highest BCUT2D eigenvalue weighted by Gasteiger charge is 2.18. The van der Waals surface area contributed by atoms with Crippen LogP contribution in [0.25, 0.3) is 44.2 Å². The van der Waals surface area contributed by atoms with Gasteiger partial charge in [0.15, 0.2) is 17.3 Å². The van der Waals surface area contributed by atoms with Crippen molar-refractivity contribution in [3.8, 4) is 23.1 Å². The Kier molecular flexibility index (Phi) is 7.26. The van der Waals surface area contributed by atoms with Crippen molar-refractivity contribution in [3.63, 3.8) is 0 Å². The molecule has 0 N–H and O–H groups in total. The van der Waals surface area contributed by atoms with Crippen LogP contribution in [0.15, 0.2) is 117 Å². The summed E-state index contributed by atoms with van der Waals surface area (Å²) in [5.74, 6) is 1.44. The summed E-state index contributed by atoms with van der Waals surface area (Å²) in [5, 5.41) is 8.97. The lowest BCUT2D eigenvalue weighted by molar-refractivity contribution is 0.285. The van der Waals surface area contributed by atoms with Crippen LogP contribution in [0.4, 0.5) is 0 Å². The predicted molar refractivity (Wildman–Crippen MR) is 175 cm³/mol. The minimum absolute atomic E-state index is 0.226. The second-order valence-electron chi connectivity index (χ2n) is 10.1. The third-order valence-corrected chi connectivity index (χ3v) is 7.74. The zero-order valence-corrected chi connectivity index (χ0v) is 24.8. The van der Waals surface area contributed by atoms with Crippen LogP contribution in [-0.4, -0.2) is 23.0 Å². The van der Waals surface area contributed by atoms with Gasteiger partial charge in [-0.25, -0.2) is 4.98 Å². The van der Waals surface area contributed by atoms with Gasteiger partial charge in [-0.3, -0.25) is 4.79 Å². The summed E-state index contributed by atoms with van der Waals surface area (Å²) < 4.78 is 19.3. The SMILES string of the molecule is COc1cc(Cl)cc(C=Nn2c(-c3cc4cc(Cl)ccc4o3)nc3ccccc3c2=O)c1OCc1cccc2ccccc12. The molecule has 0 aliphatic heterocycles. The topological polar surface area (TPSA) is 78.9 Å². The van der Waals surface area contributed by atoms with Crippen LogP contribution in [0.1, 0.15) is 11.1 Å². The second kappa shape index (κ2) is 11.5. The Morgan fingerprint density at radius 1 is 0.864 bits per heavy atom. The van der Waals surface area contributed by atoms with Crippen molar-refractivity contribution in [1.29, 1.82) is 0 Å². The highest BCUT2D eigenvalue weighted by atomic mass is 35.5. The van der Waals surface area contributed by atoms with Gasteiger partial charge in [0, 0.05) is 27.1 Å². The molecular weight excluding hydrogens is 597 g/mol. The Hall–Kier alpha value is -5.11. The molecule has 216 valence electrons. The molecule has 44 heavy (non-hydrogen) atoms. The molecule has 7 rings (SSSR count). The Balaban J connectivity index is 1.34. The lowest BCUT2D eigenvalue weighted by atomic mass is 10.1. The van der Waals surface area contributed by atoms with E-state index >= 15 is 0 Å². The molecule has 0 amide bonds. The number of hydrogen-bond acceptors (Lipinski definition) is 6. The quantitative estimate of drug-likeness (QED) is 0.167. The molecule has 0 saturated carbocycles. The number of hydrogen-bond donors (Lipinski definition) is 0. The van der Waals surface area contributed by atoms with Gasteiger partial charge in [-0.2, -0.15) is 9.78 Å². The predicted octanol–water partition coefficient (Wildman–Crippen LogP) is 8.74. The van der Waals surface area contributed by atoms with Gasteiger partial charge in [-0.05, 0) is 58.8 Å². The van der Waals surface area contributed by atoms with Gasteiger partial charge in [-0.1, -0.05) is 77.8 Å². The molecule has 0 saturated heterocycles. The molecule has 0 bridgehead atoms. The first kappa shape index (κ1) is 27.7. The standard InChI is InChI=1S/C35H23Cl2N3O4/c1-42-31-18-26(37)16-24(33(31)43-20-22-9-6-8-21-7-2-3-10-27(21)22)19-38-40-34(39-29-12-5-4-11-28(29)35(40)41)32-17-23-15-25(36)13-14-30(23)44-32/h2-19H,20H2,1H3. The van der Waals surface area contributed by atoms with Gasteiger partial charge in [0.05, 0.1) is 24.2 Å². The van der Waals surface area contributed by atoms with E-state index in [0.29, 0.717) is 49.4 Å². The monoisotopic (exact) mass is 619 g/mol. The van der Waals surface area contributed by atoms with E-state index in [-0.39, 0.29) is 18.0 Å². The Morgan fingerprint density at radius 2 is 1.66 bits per heavy atom. The molecular formula is C35H23Cl2N3O4. The lowest BCUT2D eigenvalue weighted by Crippen LogP contribution is -2.20. The van der Waals surface area contributed by atoms with E-state index in [1.54, 1.807) is 61.7 Å². The highest BCUT2D eigenvalue weighted by molar-refractivity contribution is 6.31. The normalized spacial score (nSPS) is 11.6. The summed E-state index contributed by atoms with van der Waals surface area (Å²) in [6.45, 7) is 0.268. The summed E-state index contributed by atoms with van der Waals surface area (Å²) >= 11 is 12.7. The van der Waals surface area contributed by atoms with Crippen LogP contribution >= 0.6 is 23.2 Å². The van der Waals surface area contributed by atoms with Gasteiger partial charge in [0.1, 0.15) is 12.2 Å². The number of fused-ring (bicyclic) bond motifs is 3. The molecule has 5 aromatic carbocycles. The van der Waals surface area contributed by atoms with E-state index < -0.39 is 0 Å². The first-order valence-corrected chi connectivity index (χ1v) is 14.5. The van der Waals surface area contributed by atoms with Crippen molar-refractivity contribution >= 4 is 62.1 Å². The van der Waals surface area contributed by atoms with Gasteiger partial charge < -0.3 is 13.9 Å². The van der Waals surface area contributed by atoms with E-state index in [1.807, 2.05) is 30.3 Å². The minimum atomic E-state index is -0.368. The van der Waals surface area contributed by atoms with Gasteiger partial charge in [0.2, 0.25) is 5.82 Å². The number of ether oxygens (including phenoxy) is 2. The first-order chi connectivity index (χ1) is 21.5. The van der Waals surface area contributed by atoms with Crippen LogP contribution < -0.4 is 15.0 Å². The molecule has 2 heterocycles. The molecule has 9 heteroatoms. The molecule has 7 aromatic rings. The van der Waals surface area contributed by atoms with Crippen LogP contribution in [0.3, 0.4) is 0 Å². The zero-order valence-electron chi connectivity index (χ0n) is 23.3. The van der Waals surface area contributed by atoms with Gasteiger partial charge in [-0.15, -0.1) is 0 Å². The number of furan rings is 1. The fourth-order valence-corrected chi connectivity index (χ4v) is 5.59. The fourth-order valence-electron chi connectivity index (χ4n) is 5.19. The lowest BCUT2D eigenvalue weighted by Gasteiger charge is -2.15. The van der Waals surface area contributed by atoms with E-state index in [4.69, 9.17) is 42.1 Å². The maximum absolute atomic E-state index is 13.8. The molecule has 0 spiro atoms. The zero-order chi connectivity index (χ0) is 30.2. The Morgan fingerprint density at radius 3 is 2.52 bits per heavy atom. The smallest absolute Gasteiger partial charge is 0.282 e. The second-order valence-corrected chi connectivity index (χ2v) is 10.9. The van der Waals surface area contributed by atoms with Crippen molar-refractivity contribution in [3.05, 3.63) is 135 Å². The fraction of sp³-hybridized carbons (Fsp3) is 0.0571. The van der Waals surface area contributed by atoms with Gasteiger partial charge >= 0.3 is 0 Å². The maximum atomic E-state index is 13.8. The Bertz CT molecular complexity index is 2290. The summed E-state index contributed by atoms with van der Waals surface area (Å²) in [7, 11) is 1.54. The third-order valence-electron chi connectivity index (χ3n) is 7.29. The largest absolute Gasteiger partial charge is 0.493 e. The van der Waals surface area contributed by atoms with Crippen LogP contribution in [0.2, 0.25) is 10.0 Å². The minimum Gasteiger partial charge on any atom is -0.493 e. The molecule has 0 atom stereocenters. The van der Waals surface area contributed by atoms with Crippen LogP contribution in [0.5, 0.6) is 11.5 Å². The highest BCUT2D eigenvalue weighted by Crippen LogP contribution is 2.35. The summed E-state index contributed by atoms with van der Waals surface area (Å²) in [6.07, 6.45) is 1.51. The van der Waals surface area contributed by atoms with E-state index in [2.05, 4.69) is 23.3 Å². The molecule has 0 radical (unpaired) electrons. The molecule has 0 aliphatic rings. The number of rotatable bonds is 7. The van der Waals surface area contributed by atoms with Crippen molar-refractivity contribution in [2.24, 2.45) is 5.10 Å². The molecule has 0 unspecified atom stereocenters. The van der Waals surface area contributed by atoms with Gasteiger partial charge in [0.25, 0.3) is 5.56 Å². The number of nitrogens with zero attached hydrogens (tertiary/aromatic N) is 3. The maximum Gasteiger partial charge on any atom is 0.282 e. The molecule has 7 nitrogen and oxygen atoms in total. The van der Waals surface area contributed by atoms with E-state index in [1.165, 1.54) is 10.9 Å². The van der Waals surface area contributed by atoms with Crippen LogP contribution in [-0.2, 0) is 6.61 Å². The van der Waals surface area contributed by atoms with Crippen molar-refractivity contribution in [1.82, 2.24) is 9.66 Å². The number of benzene rings is 5. The number of halogens is 2. The number of aromatic nitrogens is 2. The summed E-state index contributed by atoms with van der Waals surface area (Å²) in [6, 6.07) is 31.7. The number of para-hydroxylation sites is 1. The van der Waals surface area contributed by atoms with Crippen molar-refractivity contribution < 1.29 is 13.9 Å². The summed E-state index contributed by atoms with van der Waals surface area (Å²) in [5.41, 5.74) is 2.27. The van der Waals surface area contributed by atoms with E-state index in [0.717, 1.165) is 21.7 Å². The molecule has 2 aromatic heterocycles. The summed E-state index contributed by atoms with van der Waals surface area (Å²) in [4.78, 5) is 18.5. The average molecular weight is 620 g/mol. The van der Waals surface area contributed by atoms with Crippen molar-refractivity contribution in [2.75, 3.05) is 7.11 Å². The molecule has 0 aliphatic carbocycles. The van der Waals surface area contributed by atoms with Crippen molar-refractivity contribution in [2.45, 2.75) is 6.61 Å². The number of methoxy groups -OCH3 is 1. The van der Waals surface area contributed by atoms with E-state index in [9.17, 15) is 4.79 Å². The average Bonchev–Trinajstić information content (AvgIpc) is 3.46. The van der Waals surface area contributed by atoms with Crippen LogP contribution in [0, 0.1) is 0 Å². The third kappa shape index (κ3) is 5.17. The Labute approximate surface area is 261 Å².